The van der Waals surface area contributed by atoms with Gasteiger partial charge in [-0.1, -0.05) is 0 Å². The predicted molar refractivity (Wildman–Crippen MR) is 82.5 cm³/mol. The number of rotatable bonds is 4. The van der Waals surface area contributed by atoms with Crippen LogP contribution in [0.15, 0.2) is 33.6 Å². The maximum atomic E-state index is 12.5. The topological polar surface area (TPSA) is 85.3 Å². The summed E-state index contributed by atoms with van der Waals surface area (Å²) < 4.78 is 33.0. The van der Waals surface area contributed by atoms with Crippen LogP contribution in [0.25, 0.3) is 0 Å². The normalized spacial score (nSPS) is 13.3. The Morgan fingerprint density at radius 2 is 1.76 bits per heavy atom. The number of hydrogen-bond donors (Lipinski definition) is 2. The minimum Gasteiger partial charge on any atom is -0.465 e. The molecule has 2 aromatic rings. The molecule has 1 aromatic carbocycles. The van der Waals surface area contributed by atoms with Crippen molar-refractivity contribution in [3.05, 3.63) is 46.9 Å². The van der Waals surface area contributed by atoms with Crippen LogP contribution in [0.4, 0.5) is 5.69 Å². The van der Waals surface area contributed by atoms with Crippen LogP contribution in [0.5, 0.6) is 0 Å². The molecule has 0 radical (unpaired) electrons. The van der Waals surface area contributed by atoms with E-state index in [1.165, 1.54) is 0 Å². The van der Waals surface area contributed by atoms with Crippen LogP contribution in [-0.4, -0.2) is 8.42 Å². The second-order valence-corrected chi connectivity index (χ2v) is 6.95. The highest BCUT2D eigenvalue weighted by molar-refractivity contribution is 7.89. The van der Waals surface area contributed by atoms with Gasteiger partial charge in [0.2, 0.25) is 10.0 Å². The minimum atomic E-state index is -3.70. The van der Waals surface area contributed by atoms with Crippen molar-refractivity contribution in [3.63, 3.8) is 0 Å². The monoisotopic (exact) mass is 308 g/mol. The van der Waals surface area contributed by atoms with Gasteiger partial charge in [0.05, 0.1) is 11.7 Å². The third-order valence-corrected chi connectivity index (χ3v) is 5.03. The SMILES string of the molecule is Cc1ccc(C(C)NS(=O)(=O)c2cc(C)c(C)cc2N)o1. The summed E-state index contributed by atoms with van der Waals surface area (Å²) in [5.41, 5.74) is 7.94. The fourth-order valence-corrected chi connectivity index (χ4v) is 3.49. The van der Waals surface area contributed by atoms with E-state index in [2.05, 4.69) is 4.72 Å². The van der Waals surface area contributed by atoms with E-state index in [0.717, 1.165) is 16.9 Å². The number of anilines is 1. The zero-order valence-electron chi connectivity index (χ0n) is 12.6. The van der Waals surface area contributed by atoms with E-state index in [1.54, 1.807) is 31.2 Å². The predicted octanol–water partition coefficient (Wildman–Crippen LogP) is 2.83. The van der Waals surface area contributed by atoms with E-state index in [-0.39, 0.29) is 10.6 Å². The number of benzene rings is 1. The third-order valence-electron chi connectivity index (χ3n) is 3.44. The van der Waals surface area contributed by atoms with Gasteiger partial charge in [-0.05, 0) is 63.1 Å². The Kier molecular flexibility index (Phi) is 4.11. The van der Waals surface area contributed by atoms with Gasteiger partial charge in [-0.3, -0.25) is 0 Å². The van der Waals surface area contributed by atoms with Gasteiger partial charge in [0, 0.05) is 0 Å². The molecule has 0 saturated heterocycles. The maximum absolute atomic E-state index is 12.5. The molecule has 114 valence electrons. The smallest absolute Gasteiger partial charge is 0.243 e. The number of aryl methyl sites for hydroxylation is 3. The zero-order chi connectivity index (χ0) is 15.8. The van der Waals surface area contributed by atoms with Gasteiger partial charge in [0.15, 0.2) is 0 Å². The van der Waals surface area contributed by atoms with Crippen LogP contribution in [0.3, 0.4) is 0 Å². The van der Waals surface area contributed by atoms with Crippen molar-refractivity contribution in [1.82, 2.24) is 4.72 Å². The summed E-state index contributed by atoms with van der Waals surface area (Å²) in [6, 6.07) is 6.35. The molecular formula is C15H20N2O3S. The maximum Gasteiger partial charge on any atom is 0.243 e. The summed E-state index contributed by atoms with van der Waals surface area (Å²) in [6.07, 6.45) is 0. The molecule has 0 bridgehead atoms. The van der Waals surface area contributed by atoms with E-state index in [1.807, 2.05) is 20.8 Å². The molecule has 2 rings (SSSR count). The molecule has 1 heterocycles. The highest BCUT2D eigenvalue weighted by atomic mass is 32.2. The molecule has 0 amide bonds. The number of nitrogens with two attached hydrogens (primary N) is 1. The van der Waals surface area contributed by atoms with Crippen molar-refractivity contribution >= 4 is 15.7 Å². The van der Waals surface area contributed by atoms with Gasteiger partial charge in [-0.2, -0.15) is 0 Å². The molecule has 0 saturated carbocycles. The molecule has 1 unspecified atom stereocenters. The van der Waals surface area contributed by atoms with Crippen LogP contribution in [0, 0.1) is 20.8 Å². The lowest BCUT2D eigenvalue weighted by Crippen LogP contribution is -2.27. The summed E-state index contributed by atoms with van der Waals surface area (Å²) in [4.78, 5) is 0.0979. The number of furan rings is 1. The largest absolute Gasteiger partial charge is 0.465 e. The van der Waals surface area contributed by atoms with Crippen molar-refractivity contribution in [3.8, 4) is 0 Å². The Hall–Kier alpha value is -1.79. The van der Waals surface area contributed by atoms with Gasteiger partial charge < -0.3 is 10.2 Å². The lowest BCUT2D eigenvalue weighted by Gasteiger charge is -2.15. The van der Waals surface area contributed by atoms with Crippen molar-refractivity contribution in [1.29, 1.82) is 0 Å². The van der Waals surface area contributed by atoms with E-state index in [4.69, 9.17) is 10.2 Å². The van der Waals surface area contributed by atoms with Crippen molar-refractivity contribution < 1.29 is 12.8 Å². The summed E-state index contributed by atoms with van der Waals surface area (Å²) in [6.45, 7) is 7.29. The summed E-state index contributed by atoms with van der Waals surface area (Å²) in [5, 5.41) is 0. The minimum absolute atomic E-state index is 0.0979. The Labute approximate surface area is 125 Å². The average Bonchev–Trinajstić information content (AvgIpc) is 2.80. The molecule has 21 heavy (non-hydrogen) atoms. The van der Waals surface area contributed by atoms with Crippen LogP contribution < -0.4 is 10.5 Å². The Balaban J connectivity index is 2.32. The van der Waals surface area contributed by atoms with E-state index >= 15 is 0 Å². The van der Waals surface area contributed by atoms with Crippen LogP contribution in [0.2, 0.25) is 0 Å². The highest BCUT2D eigenvalue weighted by Gasteiger charge is 2.23. The van der Waals surface area contributed by atoms with Gasteiger partial charge in [-0.25, -0.2) is 13.1 Å². The highest BCUT2D eigenvalue weighted by Crippen LogP contribution is 2.25. The summed E-state index contributed by atoms with van der Waals surface area (Å²) >= 11 is 0. The average molecular weight is 308 g/mol. The third kappa shape index (κ3) is 3.28. The van der Waals surface area contributed by atoms with E-state index in [0.29, 0.717) is 5.76 Å². The van der Waals surface area contributed by atoms with Gasteiger partial charge >= 0.3 is 0 Å². The van der Waals surface area contributed by atoms with Gasteiger partial charge in [-0.15, -0.1) is 0 Å². The van der Waals surface area contributed by atoms with Gasteiger partial charge in [0.1, 0.15) is 16.4 Å². The molecular weight excluding hydrogens is 288 g/mol. The van der Waals surface area contributed by atoms with Crippen LogP contribution in [0.1, 0.15) is 35.6 Å². The molecule has 1 atom stereocenters. The standard InChI is InChI=1S/C15H20N2O3S/c1-9-7-13(16)15(8-10(9)2)21(18,19)17-12(4)14-6-5-11(3)20-14/h5-8,12,17H,16H2,1-4H3. The molecule has 3 N–H and O–H groups in total. The Bertz CT molecular complexity index is 763. The first-order valence-corrected chi connectivity index (χ1v) is 8.14. The molecule has 1 aromatic heterocycles. The van der Waals surface area contributed by atoms with Gasteiger partial charge in [0.25, 0.3) is 0 Å². The lowest BCUT2D eigenvalue weighted by atomic mass is 10.1. The number of sulfonamides is 1. The summed E-state index contributed by atoms with van der Waals surface area (Å²) in [5.74, 6) is 1.31. The van der Waals surface area contributed by atoms with Crippen molar-refractivity contribution in [2.24, 2.45) is 0 Å². The molecule has 0 aliphatic carbocycles. The second kappa shape index (κ2) is 5.54. The zero-order valence-corrected chi connectivity index (χ0v) is 13.4. The Morgan fingerprint density at radius 3 is 2.33 bits per heavy atom. The lowest BCUT2D eigenvalue weighted by molar-refractivity contribution is 0.441. The molecule has 5 nitrogen and oxygen atoms in total. The quantitative estimate of drug-likeness (QED) is 0.850. The van der Waals surface area contributed by atoms with Crippen LogP contribution in [-0.2, 0) is 10.0 Å². The molecule has 6 heteroatoms. The van der Waals surface area contributed by atoms with Crippen molar-refractivity contribution in [2.75, 3.05) is 5.73 Å². The fourth-order valence-electron chi connectivity index (χ4n) is 2.09. The Morgan fingerprint density at radius 1 is 1.14 bits per heavy atom. The number of nitrogen functional groups attached to an aromatic ring is 1. The number of nitrogens with one attached hydrogen (secondary N) is 1. The fraction of sp³-hybridized carbons (Fsp3) is 0.333. The van der Waals surface area contributed by atoms with Crippen molar-refractivity contribution in [2.45, 2.75) is 38.6 Å². The van der Waals surface area contributed by atoms with E-state index in [9.17, 15) is 8.42 Å². The van der Waals surface area contributed by atoms with Crippen LogP contribution >= 0.6 is 0 Å². The van der Waals surface area contributed by atoms with E-state index < -0.39 is 16.1 Å². The molecule has 0 fully saturated rings. The summed E-state index contributed by atoms with van der Waals surface area (Å²) in [7, 11) is -3.70. The first-order chi connectivity index (χ1) is 9.70. The number of hydrogen-bond acceptors (Lipinski definition) is 4. The first kappa shape index (κ1) is 15.6. The first-order valence-electron chi connectivity index (χ1n) is 6.66. The second-order valence-electron chi connectivity index (χ2n) is 5.27. The molecule has 0 aliphatic rings. The molecule has 0 spiro atoms. The molecule has 0 aliphatic heterocycles.